The molecule has 0 saturated carbocycles. The van der Waals surface area contributed by atoms with Crippen LogP contribution in [0.5, 0.6) is 0 Å². The van der Waals surface area contributed by atoms with E-state index in [4.69, 9.17) is 5.84 Å². The molecule has 18 heavy (non-hydrogen) atoms. The molecular weight excluding hydrogens is 226 g/mol. The lowest BCUT2D eigenvalue weighted by Crippen LogP contribution is -2.38. The number of hydrazine groups is 1. The van der Waals surface area contributed by atoms with Crippen molar-refractivity contribution in [3.63, 3.8) is 0 Å². The van der Waals surface area contributed by atoms with Crippen LogP contribution in [0.15, 0.2) is 12.3 Å². The van der Waals surface area contributed by atoms with E-state index in [1.807, 2.05) is 17.9 Å². The molecule has 1 unspecified atom stereocenters. The number of aromatic nitrogens is 2. The van der Waals surface area contributed by atoms with Crippen LogP contribution in [-0.2, 0) is 13.5 Å². The van der Waals surface area contributed by atoms with Crippen molar-refractivity contribution in [1.29, 1.82) is 0 Å². The van der Waals surface area contributed by atoms with Crippen molar-refractivity contribution >= 4 is 0 Å². The predicted octanol–water partition coefficient (Wildman–Crippen LogP) is 0.917. The summed E-state index contributed by atoms with van der Waals surface area (Å²) in [6, 6.07) is 2.44. The maximum Gasteiger partial charge on any atom is 0.0492 e. The van der Waals surface area contributed by atoms with Crippen molar-refractivity contribution in [3.8, 4) is 0 Å². The van der Waals surface area contributed by atoms with Crippen LogP contribution in [0.3, 0.4) is 0 Å². The maximum absolute atomic E-state index is 5.63. The zero-order valence-corrected chi connectivity index (χ0v) is 11.9. The Labute approximate surface area is 110 Å². The van der Waals surface area contributed by atoms with Crippen molar-refractivity contribution in [2.45, 2.75) is 39.2 Å². The van der Waals surface area contributed by atoms with Gasteiger partial charge in [-0.3, -0.25) is 16.0 Å². The van der Waals surface area contributed by atoms with Crippen molar-refractivity contribution in [2.24, 2.45) is 12.9 Å². The molecule has 104 valence electrons. The monoisotopic (exact) mass is 253 g/mol. The van der Waals surface area contributed by atoms with Crippen LogP contribution in [0.1, 0.15) is 32.4 Å². The van der Waals surface area contributed by atoms with Gasteiger partial charge in [-0.2, -0.15) is 5.10 Å². The predicted molar refractivity (Wildman–Crippen MR) is 75.0 cm³/mol. The van der Waals surface area contributed by atoms with Crippen LogP contribution in [0.4, 0.5) is 0 Å². The molecule has 0 fully saturated rings. The van der Waals surface area contributed by atoms with Gasteiger partial charge in [-0.1, -0.05) is 13.8 Å². The fourth-order valence-corrected chi connectivity index (χ4v) is 2.16. The Kier molecular flexibility index (Phi) is 6.93. The molecule has 1 heterocycles. The maximum atomic E-state index is 5.63. The summed E-state index contributed by atoms with van der Waals surface area (Å²) in [4.78, 5) is 2.43. The average Bonchev–Trinajstić information content (AvgIpc) is 2.80. The molecule has 3 N–H and O–H groups in total. The van der Waals surface area contributed by atoms with E-state index in [2.05, 4.69) is 35.3 Å². The van der Waals surface area contributed by atoms with Crippen LogP contribution < -0.4 is 11.3 Å². The van der Waals surface area contributed by atoms with E-state index in [-0.39, 0.29) is 0 Å². The normalized spacial score (nSPS) is 13.2. The Bertz CT molecular complexity index is 319. The minimum atomic E-state index is 0.375. The summed E-state index contributed by atoms with van der Waals surface area (Å²) in [5.74, 6) is 5.63. The SMILES string of the molecule is CCN(CC)CCC(CCc1ccnn1C)NN. The number of rotatable bonds is 9. The molecule has 1 aromatic rings. The first-order chi connectivity index (χ1) is 8.71. The highest BCUT2D eigenvalue weighted by Crippen LogP contribution is 2.06. The molecular formula is C13H27N5. The quantitative estimate of drug-likeness (QED) is 0.507. The van der Waals surface area contributed by atoms with Crippen LogP contribution >= 0.6 is 0 Å². The number of hydrogen-bond donors (Lipinski definition) is 2. The summed E-state index contributed by atoms with van der Waals surface area (Å²) in [5, 5.41) is 4.18. The zero-order chi connectivity index (χ0) is 13.4. The second-order valence-corrected chi connectivity index (χ2v) is 4.66. The van der Waals surface area contributed by atoms with Gasteiger partial charge in [-0.15, -0.1) is 0 Å². The van der Waals surface area contributed by atoms with Gasteiger partial charge >= 0.3 is 0 Å². The Hall–Kier alpha value is -0.910. The van der Waals surface area contributed by atoms with Gasteiger partial charge in [-0.05, 0) is 45.0 Å². The average molecular weight is 253 g/mol. The van der Waals surface area contributed by atoms with Crippen molar-refractivity contribution in [3.05, 3.63) is 18.0 Å². The molecule has 1 atom stereocenters. The number of nitrogens with zero attached hydrogens (tertiary/aromatic N) is 3. The Morgan fingerprint density at radius 3 is 2.61 bits per heavy atom. The second-order valence-electron chi connectivity index (χ2n) is 4.66. The lowest BCUT2D eigenvalue weighted by molar-refractivity contribution is 0.277. The molecule has 0 saturated heterocycles. The molecule has 5 heteroatoms. The molecule has 0 aliphatic heterocycles. The third-order valence-electron chi connectivity index (χ3n) is 3.60. The van der Waals surface area contributed by atoms with E-state index >= 15 is 0 Å². The van der Waals surface area contributed by atoms with Gasteiger partial charge in [0.05, 0.1) is 0 Å². The summed E-state index contributed by atoms with van der Waals surface area (Å²) in [6.07, 6.45) is 5.01. The van der Waals surface area contributed by atoms with Gasteiger partial charge in [0.25, 0.3) is 0 Å². The highest BCUT2D eigenvalue weighted by molar-refractivity contribution is 5.00. The highest BCUT2D eigenvalue weighted by Gasteiger charge is 2.10. The molecule has 0 amide bonds. The second kappa shape index (κ2) is 8.24. The smallest absolute Gasteiger partial charge is 0.0492 e. The highest BCUT2D eigenvalue weighted by atomic mass is 15.3. The number of nitrogens with two attached hydrogens (primary N) is 1. The lowest BCUT2D eigenvalue weighted by Gasteiger charge is -2.22. The van der Waals surface area contributed by atoms with Crippen molar-refractivity contribution in [1.82, 2.24) is 20.1 Å². The number of aryl methyl sites for hydroxylation is 2. The van der Waals surface area contributed by atoms with E-state index in [0.717, 1.165) is 38.9 Å². The molecule has 5 nitrogen and oxygen atoms in total. The summed E-state index contributed by atoms with van der Waals surface area (Å²) >= 11 is 0. The van der Waals surface area contributed by atoms with Crippen molar-refractivity contribution in [2.75, 3.05) is 19.6 Å². The van der Waals surface area contributed by atoms with E-state index in [1.54, 1.807) is 0 Å². The first-order valence-corrected chi connectivity index (χ1v) is 6.86. The van der Waals surface area contributed by atoms with E-state index < -0.39 is 0 Å². The zero-order valence-electron chi connectivity index (χ0n) is 11.9. The fourth-order valence-electron chi connectivity index (χ4n) is 2.16. The number of hydrogen-bond acceptors (Lipinski definition) is 4. The minimum Gasteiger partial charge on any atom is -0.304 e. The van der Waals surface area contributed by atoms with Gasteiger partial charge in [-0.25, -0.2) is 0 Å². The topological polar surface area (TPSA) is 59.1 Å². The summed E-state index contributed by atoms with van der Waals surface area (Å²) in [7, 11) is 1.98. The van der Waals surface area contributed by atoms with E-state index in [0.29, 0.717) is 6.04 Å². The minimum absolute atomic E-state index is 0.375. The summed E-state index contributed by atoms with van der Waals surface area (Å²) in [6.45, 7) is 7.71. The largest absolute Gasteiger partial charge is 0.304 e. The van der Waals surface area contributed by atoms with E-state index in [9.17, 15) is 0 Å². The molecule has 0 bridgehead atoms. The molecule has 0 aromatic carbocycles. The van der Waals surface area contributed by atoms with Gasteiger partial charge in [0, 0.05) is 25.0 Å². The van der Waals surface area contributed by atoms with Gasteiger partial charge in [0.15, 0.2) is 0 Å². The third kappa shape index (κ3) is 4.76. The van der Waals surface area contributed by atoms with Crippen LogP contribution in [0.25, 0.3) is 0 Å². The number of nitrogens with one attached hydrogen (secondary N) is 1. The first kappa shape index (κ1) is 15.1. The standard InChI is InChI=1S/C13H27N5/c1-4-18(5-2)11-9-12(16-14)6-7-13-8-10-15-17(13)3/h8,10,12,16H,4-7,9,11,14H2,1-3H3. The van der Waals surface area contributed by atoms with Gasteiger partial charge < -0.3 is 4.90 Å². The van der Waals surface area contributed by atoms with E-state index in [1.165, 1.54) is 5.69 Å². The van der Waals surface area contributed by atoms with Crippen LogP contribution in [0.2, 0.25) is 0 Å². The molecule has 0 aliphatic rings. The summed E-state index contributed by atoms with van der Waals surface area (Å²) < 4.78 is 1.93. The lowest BCUT2D eigenvalue weighted by atomic mass is 10.1. The third-order valence-corrected chi connectivity index (χ3v) is 3.60. The molecule has 0 radical (unpaired) electrons. The van der Waals surface area contributed by atoms with Crippen molar-refractivity contribution < 1.29 is 0 Å². The van der Waals surface area contributed by atoms with Gasteiger partial charge in [0.1, 0.15) is 0 Å². The Balaban J connectivity index is 2.31. The fraction of sp³-hybridized carbons (Fsp3) is 0.769. The Morgan fingerprint density at radius 2 is 2.11 bits per heavy atom. The van der Waals surface area contributed by atoms with Crippen LogP contribution in [-0.4, -0.2) is 40.4 Å². The first-order valence-electron chi connectivity index (χ1n) is 6.86. The molecule has 0 spiro atoms. The summed E-state index contributed by atoms with van der Waals surface area (Å²) in [5.41, 5.74) is 4.19. The Morgan fingerprint density at radius 1 is 1.39 bits per heavy atom. The molecule has 0 aliphatic carbocycles. The van der Waals surface area contributed by atoms with Crippen LogP contribution in [0, 0.1) is 0 Å². The molecule has 1 rings (SSSR count). The van der Waals surface area contributed by atoms with Gasteiger partial charge in [0.2, 0.25) is 0 Å². The molecule has 1 aromatic heterocycles.